The summed E-state index contributed by atoms with van der Waals surface area (Å²) in [5.41, 5.74) is 2.07. The quantitative estimate of drug-likeness (QED) is 0.591. The zero-order chi connectivity index (χ0) is 19.7. The predicted molar refractivity (Wildman–Crippen MR) is 119 cm³/mol. The fourth-order valence-electron chi connectivity index (χ4n) is 3.44. The Morgan fingerprint density at radius 3 is 2.82 bits per heavy atom. The third-order valence-electron chi connectivity index (χ3n) is 5.26. The van der Waals surface area contributed by atoms with Gasteiger partial charge in [0.25, 0.3) is 0 Å². The van der Waals surface area contributed by atoms with E-state index in [1.54, 1.807) is 11.3 Å². The Morgan fingerprint density at radius 2 is 2.00 bits per heavy atom. The molecule has 0 bridgehead atoms. The molecule has 6 heteroatoms. The van der Waals surface area contributed by atoms with Gasteiger partial charge in [-0.2, -0.15) is 0 Å². The van der Waals surface area contributed by atoms with Crippen molar-refractivity contribution in [2.24, 2.45) is 0 Å². The summed E-state index contributed by atoms with van der Waals surface area (Å²) in [6.07, 6.45) is 1.00. The molecule has 1 aliphatic rings. The predicted octanol–water partition coefficient (Wildman–Crippen LogP) is 5.21. The molecular weight excluding hydrogens is 386 g/mol. The maximum Gasteiger partial charge on any atom is 0.241 e. The number of likely N-dealkylation sites (N-methyl/N-ethyl adjacent to an activating group) is 1. The summed E-state index contributed by atoms with van der Waals surface area (Å²) in [4.78, 5) is 23.2. The highest BCUT2D eigenvalue weighted by Gasteiger charge is 2.26. The van der Waals surface area contributed by atoms with Gasteiger partial charge in [0, 0.05) is 16.7 Å². The summed E-state index contributed by atoms with van der Waals surface area (Å²) in [5, 5.41) is 1.57. The number of carbonyl (C=O) groups is 1. The highest BCUT2D eigenvalue weighted by Crippen LogP contribution is 2.37. The van der Waals surface area contributed by atoms with E-state index in [0.29, 0.717) is 11.8 Å². The molecule has 2 atom stereocenters. The van der Waals surface area contributed by atoms with Gasteiger partial charge in [-0.15, -0.1) is 23.1 Å². The van der Waals surface area contributed by atoms with Gasteiger partial charge in [-0.05, 0) is 44.7 Å². The van der Waals surface area contributed by atoms with Crippen molar-refractivity contribution in [2.45, 2.75) is 36.5 Å². The maximum absolute atomic E-state index is 13.2. The number of benzene rings is 2. The summed E-state index contributed by atoms with van der Waals surface area (Å²) in [5.74, 6) is 0.151. The Bertz CT molecular complexity index is 954. The largest absolute Gasteiger partial charge is 0.310 e. The standard InChI is InChI=1S/C22H25N3OS2/c1-15-12-13-25(18-9-5-7-11-20(18)27-15)21(26)14-24(3)16(2)22-23-17-8-4-6-10-19(17)28-22/h4-11,15-16H,12-14H2,1-3H3/t15-,16-/m1/s1. The molecule has 146 valence electrons. The molecule has 0 saturated heterocycles. The highest BCUT2D eigenvalue weighted by molar-refractivity contribution is 8.00. The van der Waals surface area contributed by atoms with Crippen LogP contribution in [0.1, 0.15) is 31.3 Å². The molecule has 4 nitrogen and oxygen atoms in total. The average Bonchev–Trinajstić information content (AvgIpc) is 3.04. The van der Waals surface area contributed by atoms with Gasteiger partial charge in [0.2, 0.25) is 5.91 Å². The van der Waals surface area contributed by atoms with Gasteiger partial charge in [-0.1, -0.05) is 31.2 Å². The van der Waals surface area contributed by atoms with Crippen LogP contribution in [0.3, 0.4) is 0 Å². The fraction of sp³-hybridized carbons (Fsp3) is 0.364. The summed E-state index contributed by atoms with van der Waals surface area (Å²) in [6.45, 7) is 5.51. The second kappa shape index (κ2) is 8.23. The smallest absolute Gasteiger partial charge is 0.241 e. The fourth-order valence-corrected chi connectivity index (χ4v) is 5.64. The topological polar surface area (TPSA) is 36.4 Å². The van der Waals surface area contributed by atoms with Crippen molar-refractivity contribution in [1.82, 2.24) is 9.88 Å². The van der Waals surface area contributed by atoms with E-state index in [9.17, 15) is 4.79 Å². The number of carbonyl (C=O) groups excluding carboxylic acids is 1. The number of aromatic nitrogens is 1. The van der Waals surface area contributed by atoms with E-state index in [4.69, 9.17) is 4.98 Å². The zero-order valence-corrected chi connectivity index (χ0v) is 18.1. The Balaban J connectivity index is 1.51. The number of nitrogens with zero attached hydrogens (tertiary/aromatic N) is 3. The van der Waals surface area contributed by atoms with E-state index in [1.807, 2.05) is 54.0 Å². The molecule has 4 rings (SSSR count). The lowest BCUT2D eigenvalue weighted by Gasteiger charge is -2.27. The molecule has 0 unspecified atom stereocenters. The number of hydrogen-bond acceptors (Lipinski definition) is 5. The molecule has 0 spiro atoms. The SMILES string of the molecule is C[C@@H]1CCN(C(=O)CN(C)[C@H](C)c2nc3ccccc3s2)c2ccccc2S1. The van der Waals surface area contributed by atoms with Gasteiger partial charge in [0.05, 0.1) is 28.5 Å². The second-order valence-electron chi connectivity index (χ2n) is 7.34. The van der Waals surface area contributed by atoms with E-state index < -0.39 is 0 Å². The van der Waals surface area contributed by atoms with Crippen LogP contribution in [0.25, 0.3) is 10.2 Å². The first-order valence-corrected chi connectivity index (χ1v) is 11.3. The lowest BCUT2D eigenvalue weighted by molar-refractivity contribution is -0.119. The first kappa shape index (κ1) is 19.4. The molecule has 2 aromatic carbocycles. The van der Waals surface area contributed by atoms with Gasteiger partial charge in [-0.25, -0.2) is 4.98 Å². The van der Waals surface area contributed by atoms with Gasteiger partial charge >= 0.3 is 0 Å². The van der Waals surface area contributed by atoms with Crippen molar-refractivity contribution in [3.05, 3.63) is 53.5 Å². The van der Waals surface area contributed by atoms with Crippen LogP contribution in [-0.2, 0) is 4.79 Å². The summed E-state index contributed by atoms with van der Waals surface area (Å²) < 4.78 is 1.19. The Hall–Kier alpha value is -1.89. The van der Waals surface area contributed by atoms with Crippen LogP contribution in [0.5, 0.6) is 0 Å². The molecule has 0 fully saturated rings. The molecule has 0 N–H and O–H groups in total. The summed E-state index contributed by atoms with van der Waals surface area (Å²) >= 11 is 3.57. The van der Waals surface area contributed by atoms with Crippen LogP contribution in [0.2, 0.25) is 0 Å². The van der Waals surface area contributed by atoms with Crippen LogP contribution < -0.4 is 4.90 Å². The number of rotatable bonds is 4. The number of fused-ring (bicyclic) bond motifs is 2. The monoisotopic (exact) mass is 411 g/mol. The first-order chi connectivity index (χ1) is 13.5. The lowest BCUT2D eigenvalue weighted by atomic mass is 10.2. The Morgan fingerprint density at radius 1 is 1.25 bits per heavy atom. The van der Waals surface area contributed by atoms with E-state index >= 15 is 0 Å². The third kappa shape index (κ3) is 3.95. The maximum atomic E-state index is 13.2. The molecular formula is C22H25N3OS2. The van der Waals surface area contributed by atoms with Crippen molar-refractivity contribution in [2.75, 3.05) is 25.0 Å². The minimum atomic E-state index is 0.0943. The molecule has 0 aliphatic carbocycles. The average molecular weight is 412 g/mol. The van der Waals surface area contributed by atoms with Crippen LogP contribution in [0.15, 0.2) is 53.4 Å². The number of para-hydroxylation sites is 2. The van der Waals surface area contributed by atoms with Crippen LogP contribution >= 0.6 is 23.1 Å². The third-order valence-corrected chi connectivity index (χ3v) is 7.70. The van der Waals surface area contributed by atoms with Crippen LogP contribution in [-0.4, -0.2) is 41.2 Å². The van der Waals surface area contributed by atoms with Gasteiger partial charge in [-0.3, -0.25) is 9.69 Å². The van der Waals surface area contributed by atoms with E-state index in [-0.39, 0.29) is 11.9 Å². The van der Waals surface area contributed by atoms with Crippen molar-refractivity contribution >= 4 is 44.9 Å². The number of anilines is 1. The Kier molecular flexibility index (Phi) is 5.71. The zero-order valence-electron chi connectivity index (χ0n) is 16.5. The van der Waals surface area contributed by atoms with E-state index in [1.165, 1.54) is 9.60 Å². The molecule has 0 radical (unpaired) electrons. The molecule has 1 aliphatic heterocycles. The van der Waals surface area contributed by atoms with Gasteiger partial charge < -0.3 is 4.90 Å². The van der Waals surface area contributed by atoms with Crippen LogP contribution in [0, 0.1) is 0 Å². The number of amides is 1. The number of thiazole rings is 1. The highest BCUT2D eigenvalue weighted by atomic mass is 32.2. The lowest BCUT2D eigenvalue weighted by Crippen LogP contribution is -2.40. The van der Waals surface area contributed by atoms with Crippen molar-refractivity contribution in [3.8, 4) is 0 Å². The van der Waals surface area contributed by atoms with Crippen molar-refractivity contribution in [3.63, 3.8) is 0 Å². The molecule has 2 heterocycles. The van der Waals surface area contributed by atoms with Crippen molar-refractivity contribution < 1.29 is 4.79 Å². The van der Waals surface area contributed by atoms with E-state index in [2.05, 4.69) is 36.9 Å². The van der Waals surface area contributed by atoms with Gasteiger partial charge in [0.15, 0.2) is 0 Å². The van der Waals surface area contributed by atoms with Crippen molar-refractivity contribution in [1.29, 1.82) is 0 Å². The molecule has 28 heavy (non-hydrogen) atoms. The molecule has 1 amide bonds. The summed E-state index contributed by atoms with van der Waals surface area (Å²) in [7, 11) is 2.01. The van der Waals surface area contributed by atoms with Gasteiger partial charge in [0.1, 0.15) is 5.01 Å². The molecule has 1 aromatic heterocycles. The van der Waals surface area contributed by atoms with E-state index in [0.717, 1.165) is 29.2 Å². The summed E-state index contributed by atoms with van der Waals surface area (Å²) in [6, 6.07) is 16.5. The number of hydrogen-bond donors (Lipinski definition) is 0. The van der Waals surface area contributed by atoms with Crippen LogP contribution in [0.4, 0.5) is 5.69 Å². The molecule has 3 aromatic rings. The Labute approximate surface area is 174 Å². The minimum Gasteiger partial charge on any atom is -0.310 e. The first-order valence-electron chi connectivity index (χ1n) is 9.64. The second-order valence-corrected chi connectivity index (χ2v) is 9.88. The number of thioether (sulfide) groups is 1. The normalized spacial score (nSPS) is 18.1. The molecule has 0 saturated carbocycles. The minimum absolute atomic E-state index is 0.0943.